The second kappa shape index (κ2) is 21.9. The normalized spacial score (nSPS) is 10.6. The molecule has 12 heteroatoms. The molecule has 0 saturated heterocycles. The number of hydrogen-bond acceptors (Lipinski definition) is 4. The van der Waals surface area contributed by atoms with Crippen molar-refractivity contribution in [1.82, 2.24) is 9.13 Å². The van der Waals surface area contributed by atoms with Gasteiger partial charge in [0.05, 0.1) is 91.5 Å². The Balaban J connectivity index is 1.10. The van der Waals surface area contributed by atoms with Gasteiger partial charge in [-0.15, -0.1) is 0 Å². The SMILES string of the molecule is [C-]#[N+]c1cc(C#N)cc(-c2ccc3c(c2)c2cc(-c4cc(C#N)cc([N+]#[C-])c4)ccc2n3-c2ccc(-c3ccc([N+]#[C-])cc3C)c(-c3cc([N+]#[C-])ccc3-n3c4ccc(-c5cc(C#N)cc([N+]#[C-])c5)cc4c4cc(-c5cc(C#N)cc([N+]#[C-])c5)ccc43)c2)c1. The fraction of sp³-hybridized carbons (Fsp3) is 0.0130. The molecule has 0 unspecified atom stereocenters. The fourth-order valence-electron chi connectivity index (χ4n) is 12.1. The third-order valence-corrected chi connectivity index (χ3v) is 16.1. The summed E-state index contributed by atoms with van der Waals surface area (Å²) in [5, 5.41) is 43.5. The fourth-order valence-corrected chi connectivity index (χ4v) is 12.1. The van der Waals surface area contributed by atoms with Crippen molar-refractivity contribution in [1.29, 1.82) is 21.0 Å². The van der Waals surface area contributed by atoms with Crippen LogP contribution >= 0.6 is 0 Å². The minimum absolute atomic E-state index is 0.324. The molecule has 0 saturated carbocycles. The van der Waals surface area contributed by atoms with Crippen LogP contribution in [0, 0.1) is 91.7 Å². The molecule has 404 valence electrons. The second-order valence-electron chi connectivity index (χ2n) is 21.2. The number of rotatable bonds is 8. The number of nitriles is 4. The first-order valence-corrected chi connectivity index (χ1v) is 27.5. The average Bonchev–Trinajstić information content (AvgIpc) is 1.67. The predicted molar refractivity (Wildman–Crippen MR) is 349 cm³/mol. The van der Waals surface area contributed by atoms with Crippen LogP contribution in [0.3, 0.4) is 0 Å². The van der Waals surface area contributed by atoms with Gasteiger partial charge in [-0.1, -0.05) is 60.2 Å². The first kappa shape index (κ1) is 54.2. The van der Waals surface area contributed by atoms with Crippen molar-refractivity contribution in [2.45, 2.75) is 6.92 Å². The van der Waals surface area contributed by atoms with E-state index in [4.69, 9.17) is 39.4 Å². The highest BCUT2D eigenvalue weighted by Crippen LogP contribution is 2.47. The van der Waals surface area contributed by atoms with Crippen molar-refractivity contribution in [2.24, 2.45) is 0 Å². The van der Waals surface area contributed by atoms with Crippen LogP contribution in [0.25, 0.3) is 151 Å². The largest absolute Gasteiger partial charge is 0.309 e. The quantitative estimate of drug-likeness (QED) is 0.140. The Morgan fingerprint density at radius 2 is 0.629 bits per heavy atom. The molecule has 0 radical (unpaired) electrons. The maximum atomic E-state index is 10.0. The minimum atomic E-state index is 0.324. The molecule has 2 aromatic heterocycles. The maximum absolute atomic E-state index is 10.0. The topological polar surface area (TPSA) is 131 Å². The Morgan fingerprint density at radius 3 is 0.989 bits per heavy atom. The molecule has 0 atom stereocenters. The summed E-state index contributed by atoms with van der Waals surface area (Å²) < 4.78 is 4.35. The zero-order valence-corrected chi connectivity index (χ0v) is 46.9. The van der Waals surface area contributed by atoms with E-state index in [9.17, 15) is 21.0 Å². The summed E-state index contributed by atoms with van der Waals surface area (Å²) in [6.45, 7) is 49.7. The molecule has 13 aromatic rings. The van der Waals surface area contributed by atoms with Gasteiger partial charge >= 0.3 is 0 Å². The summed E-state index contributed by atoms with van der Waals surface area (Å²) in [5.41, 5.74) is 18.1. The average molecular weight is 1130 g/mol. The van der Waals surface area contributed by atoms with Gasteiger partial charge in [-0.05, 0) is 219 Å². The number of aromatic nitrogens is 2. The molecule has 13 rings (SSSR count). The van der Waals surface area contributed by atoms with E-state index in [1.54, 1.807) is 84.9 Å². The molecule has 89 heavy (non-hydrogen) atoms. The van der Waals surface area contributed by atoms with Crippen LogP contribution < -0.4 is 0 Å². The monoisotopic (exact) mass is 1130 g/mol. The molecule has 11 aromatic carbocycles. The van der Waals surface area contributed by atoms with E-state index in [1.807, 2.05) is 91.9 Å². The molecule has 0 N–H and O–H groups in total. The Morgan fingerprint density at radius 1 is 0.281 bits per heavy atom. The van der Waals surface area contributed by atoms with Crippen LogP contribution in [0.2, 0.25) is 0 Å². The van der Waals surface area contributed by atoms with Gasteiger partial charge in [0.2, 0.25) is 0 Å². The van der Waals surface area contributed by atoms with E-state index >= 15 is 0 Å². The molecule has 0 aliphatic carbocycles. The lowest BCUT2D eigenvalue weighted by molar-refractivity contribution is 1.17. The summed E-state index contributed by atoms with van der Waals surface area (Å²) in [6, 6.07) is 70.9. The summed E-state index contributed by atoms with van der Waals surface area (Å²) in [4.78, 5) is 22.4. The summed E-state index contributed by atoms with van der Waals surface area (Å²) in [6.07, 6.45) is 0. The van der Waals surface area contributed by atoms with E-state index in [0.717, 1.165) is 99.5 Å². The Kier molecular flexibility index (Phi) is 13.3. The highest BCUT2D eigenvalue weighted by atomic mass is 15.0. The summed E-state index contributed by atoms with van der Waals surface area (Å²) in [7, 11) is 0. The van der Waals surface area contributed by atoms with Crippen LogP contribution in [0.5, 0.6) is 0 Å². The van der Waals surface area contributed by atoms with Gasteiger partial charge in [0, 0.05) is 49.5 Å². The van der Waals surface area contributed by atoms with E-state index in [2.05, 4.69) is 92.8 Å². The van der Waals surface area contributed by atoms with Crippen molar-refractivity contribution in [3.63, 3.8) is 0 Å². The van der Waals surface area contributed by atoms with E-state index in [1.165, 1.54) is 0 Å². The van der Waals surface area contributed by atoms with Crippen LogP contribution in [0.1, 0.15) is 27.8 Å². The van der Waals surface area contributed by atoms with Crippen molar-refractivity contribution >= 4 is 77.7 Å². The molecular formula is C77H36N12. The van der Waals surface area contributed by atoms with Gasteiger partial charge < -0.3 is 9.13 Å². The lowest BCUT2D eigenvalue weighted by Crippen LogP contribution is -2.01. The zero-order chi connectivity index (χ0) is 61.6. The van der Waals surface area contributed by atoms with Crippen LogP contribution in [-0.4, -0.2) is 9.13 Å². The lowest BCUT2D eigenvalue weighted by atomic mass is 9.90. The number of hydrogen-bond donors (Lipinski definition) is 0. The number of benzene rings is 11. The Bertz CT molecular complexity index is 5390. The Labute approximate surface area is 511 Å². The Hall–Kier alpha value is -14.1. The van der Waals surface area contributed by atoms with Gasteiger partial charge in [0.15, 0.2) is 34.1 Å². The highest BCUT2D eigenvalue weighted by molar-refractivity contribution is 6.14. The van der Waals surface area contributed by atoms with E-state index in [-0.39, 0.29) is 0 Å². The first-order chi connectivity index (χ1) is 43.5. The van der Waals surface area contributed by atoms with Gasteiger partial charge in [-0.25, -0.2) is 29.1 Å². The van der Waals surface area contributed by atoms with Crippen molar-refractivity contribution < 1.29 is 0 Å². The highest BCUT2D eigenvalue weighted by Gasteiger charge is 2.24. The smallest absolute Gasteiger partial charge is 0.189 e. The lowest BCUT2D eigenvalue weighted by Gasteiger charge is -2.20. The molecular weight excluding hydrogens is 1090 g/mol. The van der Waals surface area contributed by atoms with E-state index < -0.39 is 0 Å². The number of fused-ring (bicyclic) bond motifs is 6. The van der Waals surface area contributed by atoms with Crippen LogP contribution in [0.4, 0.5) is 34.1 Å². The first-order valence-electron chi connectivity index (χ1n) is 27.5. The zero-order valence-electron chi connectivity index (χ0n) is 46.9. The summed E-state index contributed by atoms with van der Waals surface area (Å²) >= 11 is 0. The van der Waals surface area contributed by atoms with Gasteiger partial charge in [-0.3, -0.25) is 0 Å². The molecule has 12 nitrogen and oxygen atoms in total. The maximum Gasteiger partial charge on any atom is 0.189 e. The molecule has 0 aliphatic heterocycles. The molecule has 2 heterocycles. The standard InChI is InChI=1S/C77H36N12/c1-45-22-58(82-2)12-15-65(45)66-16-14-64(88-73-17-8-50(54-23-46(41-78)27-60(31-54)84-4)35-68(73)69-36-51(9-18-74(69)88)55-24-47(42-79)28-61(32-55)85-5)40-67(66)72-39-59(83-3)13-21-77(72)89-75-19-10-52(56-25-48(43-80)29-62(33-56)86-6)37-70(75)71-38-53(11-20-76(71)89)57-26-49(44-81)30-63(34-57)87-7/h8-40H,1H3. The van der Waals surface area contributed by atoms with Crippen LogP contribution in [0.15, 0.2) is 200 Å². The van der Waals surface area contributed by atoms with Crippen molar-refractivity contribution in [3.8, 4) is 102 Å². The molecule has 0 fully saturated rings. The van der Waals surface area contributed by atoms with Gasteiger partial charge in [0.25, 0.3) is 0 Å². The number of aryl methyl sites for hydroxylation is 1. The molecule has 0 bridgehead atoms. The molecule has 0 aliphatic rings. The molecule has 0 spiro atoms. The minimum Gasteiger partial charge on any atom is -0.309 e. The third kappa shape index (κ3) is 9.47. The molecule has 0 amide bonds. The van der Waals surface area contributed by atoms with Crippen molar-refractivity contribution in [2.75, 3.05) is 0 Å². The predicted octanol–water partition coefficient (Wildman–Crippen LogP) is 21.0. The third-order valence-electron chi connectivity index (χ3n) is 16.1. The van der Waals surface area contributed by atoms with Crippen molar-refractivity contribution in [3.05, 3.63) is 297 Å². The summed E-state index contributed by atoms with van der Waals surface area (Å²) in [5.74, 6) is 0. The number of nitrogens with zero attached hydrogens (tertiary/aromatic N) is 12. The van der Waals surface area contributed by atoms with Gasteiger partial charge in [-0.2, -0.15) is 21.0 Å². The van der Waals surface area contributed by atoms with Gasteiger partial charge in [0.1, 0.15) is 0 Å². The second-order valence-corrected chi connectivity index (χ2v) is 21.2. The van der Waals surface area contributed by atoms with E-state index in [0.29, 0.717) is 84.2 Å². The van der Waals surface area contributed by atoms with Crippen LogP contribution in [-0.2, 0) is 0 Å².